The van der Waals surface area contributed by atoms with E-state index >= 15 is 0 Å². The van der Waals surface area contributed by atoms with E-state index in [2.05, 4.69) is 31.1 Å². The zero-order chi connectivity index (χ0) is 11.5. The Balaban J connectivity index is 1.86. The number of hydrogen-bond acceptors (Lipinski definition) is 3. The molecule has 0 radical (unpaired) electrons. The second kappa shape index (κ2) is 5.48. The predicted molar refractivity (Wildman–Crippen MR) is 66.6 cm³/mol. The van der Waals surface area contributed by atoms with Gasteiger partial charge < -0.3 is 10.1 Å². The lowest BCUT2D eigenvalue weighted by molar-refractivity contribution is 0.0239. The van der Waals surface area contributed by atoms with Gasteiger partial charge in [0, 0.05) is 31.8 Å². The van der Waals surface area contributed by atoms with E-state index < -0.39 is 0 Å². The summed E-state index contributed by atoms with van der Waals surface area (Å²) in [6, 6.07) is 1.37. The Bertz CT molecular complexity index is 216. The van der Waals surface area contributed by atoms with E-state index in [1.165, 1.54) is 25.8 Å². The maximum Gasteiger partial charge on any atom is 0.0702 e. The summed E-state index contributed by atoms with van der Waals surface area (Å²) in [6.45, 7) is 8.07. The quantitative estimate of drug-likeness (QED) is 0.789. The number of nitrogens with zero attached hydrogens (tertiary/aromatic N) is 1. The number of hydrogen-bond donors (Lipinski definition) is 1. The molecule has 0 aromatic carbocycles. The first-order valence-electron chi connectivity index (χ1n) is 6.75. The lowest BCUT2D eigenvalue weighted by Gasteiger charge is -2.43. The highest BCUT2D eigenvalue weighted by Crippen LogP contribution is 2.25. The first-order chi connectivity index (χ1) is 7.72. The second-order valence-corrected chi connectivity index (χ2v) is 5.41. The summed E-state index contributed by atoms with van der Waals surface area (Å²) in [6.07, 6.45) is 4.28. The Hall–Kier alpha value is -0.120. The average Bonchev–Trinajstić information content (AvgIpc) is 2.78. The predicted octanol–water partition coefficient (Wildman–Crippen LogP) is 1.48. The van der Waals surface area contributed by atoms with Gasteiger partial charge in [0.1, 0.15) is 0 Å². The van der Waals surface area contributed by atoms with Gasteiger partial charge in [-0.05, 0) is 39.2 Å². The van der Waals surface area contributed by atoms with Gasteiger partial charge >= 0.3 is 0 Å². The lowest BCUT2D eigenvalue weighted by atomic mass is 9.87. The smallest absolute Gasteiger partial charge is 0.0702 e. The van der Waals surface area contributed by atoms with Crippen molar-refractivity contribution in [2.24, 2.45) is 5.92 Å². The fraction of sp³-hybridized carbons (Fsp3) is 1.00. The molecule has 2 heterocycles. The lowest BCUT2D eigenvalue weighted by Crippen LogP contribution is -2.54. The maximum absolute atomic E-state index is 5.74. The largest absolute Gasteiger partial charge is 0.377 e. The van der Waals surface area contributed by atoms with Gasteiger partial charge in [-0.2, -0.15) is 0 Å². The van der Waals surface area contributed by atoms with Crippen LogP contribution in [0.4, 0.5) is 0 Å². The summed E-state index contributed by atoms with van der Waals surface area (Å²) in [5.41, 5.74) is 0. The topological polar surface area (TPSA) is 24.5 Å². The van der Waals surface area contributed by atoms with Gasteiger partial charge in [-0.15, -0.1) is 0 Å². The van der Waals surface area contributed by atoms with E-state index in [-0.39, 0.29) is 0 Å². The zero-order valence-electron chi connectivity index (χ0n) is 10.9. The van der Waals surface area contributed by atoms with Gasteiger partial charge in [-0.3, -0.25) is 4.90 Å². The summed E-state index contributed by atoms with van der Waals surface area (Å²) in [4.78, 5) is 2.62. The molecular weight excluding hydrogens is 200 g/mol. The van der Waals surface area contributed by atoms with E-state index in [9.17, 15) is 0 Å². The van der Waals surface area contributed by atoms with Crippen molar-refractivity contribution in [3.05, 3.63) is 0 Å². The zero-order valence-corrected chi connectivity index (χ0v) is 10.9. The monoisotopic (exact) mass is 226 g/mol. The maximum atomic E-state index is 5.74. The van der Waals surface area contributed by atoms with Crippen molar-refractivity contribution < 1.29 is 4.74 Å². The van der Waals surface area contributed by atoms with E-state index in [0.29, 0.717) is 18.2 Å². The van der Waals surface area contributed by atoms with Crippen molar-refractivity contribution in [2.75, 3.05) is 26.7 Å². The first kappa shape index (κ1) is 12.3. The molecule has 2 aliphatic rings. The molecule has 0 saturated carbocycles. The molecule has 2 saturated heterocycles. The van der Waals surface area contributed by atoms with E-state index in [4.69, 9.17) is 4.74 Å². The highest BCUT2D eigenvalue weighted by atomic mass is 16.5. The third kappa shape index (κ3) is 2.58. The molecule has 0 bridgehead atoms. The van der Waals surface area contributed by atoms with Crippen molar-refractivity contribution in [3.63, 3.8) is 0 Å². The Morgan fingerprint density at radius 2 is 2.12 bits per heavy atom. The molecule has 0 aromatic rings. The number of ether oxygens (including phenoxy) is 1. The summed E-state index contributed by atoms with van der Waals surface area (Å²) >= 11 is 0. The fourth-order valence-electron chi connectivity index (χ4n) is 3.15. The van der Waals surface area contributed by atoms with Gasteiger partial charge in [0.2, 0.25) is 0 Å². The van der Waals surface area contributed by atoms with Crippen molar-refractivity contribution >= 4 is 0 Å². The first-order valence-corrected chi connectivity index (χ1v) is 6.75. The van der Waals surface area contributed by atoms with Crippen LogP contribution in [0.15, 0.2) is 0 Å². The molecule has 0 aromatic heterocycles. The fourth-order valence-corrected chi connectivity index (χ4v) is 3.15. The molecule has 4 atom stereocenters. The molecule has 2 fully saturated rings. The average molecular weight is 226 g/mol. The van der Waals surface area contributed by atoms with Crippen LogP contribution < -0.4 is 5.32 Å². The van der Waals surface area contributed by atoms with Crippen LogP contribution in [0.1, 0.15) is 33.1 Å². The van der Waals surface area contributed by atoms with Crippen LogP contribution in [0.2, 0.25) is 0 Å². The molecule has 3 heteroatoms. The number of rotatable bonds is 3. The second-order valence-electron chi connectivity index (χ2n) is 5.41. The van der Waals surface area contributed by atoms with Crippen molar-refractivity contribution in [1.82, 2.24) is 10.2 Å². The molecule has 4 unspecified atom stereocenters. The van der Waals surface area contributed by atoms with Crippen LogP contribution >= 0.6 is 0 Å². The third-order valence-corrected chi connectivity index (χ3v) is 4.53. The van der Waals surface area contributed by atoms with Crippen LogP contribution in [0.25, 0.3) is 0 Å². The molecule has 0 amide bonds. The Labute approximate surface area is 99.5 Å². The molecule has 2 aliphatic heterocycles. The molecule has 0 aliphatic carbocycles. The summed E-state index contributed by atoms with van der Waals surface area (Å²) < 4.78 is 5.74. The van der Waals surface area contributed by atoms with Crippen LogP contribution in [-0.4, -0.2) is 49.8 Å². The van der Waals surface area contributed by atoms with Crippen LogP contribution in [-0.2, 0) is 4.74 Å². The number of piperidine rings is 1. The number of nitrogens with one attached hydrogen (secondary N) is 1. The Kier molecular flexibility index (Phi) is 4.22. The van der Waals surface area contributed by atoms with Crippen LogP contribution in [0.5, 0.6) is 0 Å². The molecule has 2 rings (SSSR count). The highest BCUT2D eigenvalue weighted by Gasteiger charge is 2.33. The van der Waals surface area contributed by atoms with Crippen LogP contribution in [0.3, 0.4) is 0 Å². The standard InChI is InChI=1S/C13H26N2O/c1-10-11(2)15(7-6-13(10)14-3)9-12-5-4-8-16-12/h10-14H,4-9H2,1-3H3. The Morgan fingerprint density at radius 3 is 2.75 bits per heavy atom. The molecular formula is C13H26N2O. The van der Waals surface area contributed by atoms with E-state index in [1.807, 2.05) is 0 Å². The van der Waals surface area contributed by atoms with Gasteiger partial charge in [0.25, 0.3) is 0 Å². The van der Waals surface area contributed by atoms with E-state index in [1.54, 1.807) is 0 Å². The van der Waals surface area contributed by atoms with Gasteiger partial charge in [-0.25, -0.2) is 0 Å². The minimum atomic E-state index is 0.501. The normalized spacial score (nSPS) is 41.4. The summed E-state index contributed by atoms with van der Waals surface area (Å²) in [5.74, 6) is 0.736. The molecule has 94 valence electrons. The summed E-state index contributed by atoms with van der Waals surface area (Å²) in [7, 11) is 2.09. The van der Waals surface area contributed by atoms with E-state index in [0.717, 1.165) is 19.1 Å². The Morgan fingerprint density at radius 1 is 1.31 bits per heavy atom. The van der Waals surface area contributed by atoms with Crippen LogP contribution in [0, 0.1) is 5.92 Å². The third-order valence-electron chi connectivity index (χ3n) is 4.53. The van der Waals surface area contributed by atoms with Crippen molar-refractivity contribution in [1.29, 1.82) is 0 Å². The molecule has 0 spiro atoms. The van der Waals surface area contributed by atoms with Gasteiger partial charge in [-0.1, -0.05) is 6.92 Å². The molecule has 1 N–H and O–H groups in total. The van der Waals surface area contributed by atoms with Crippen molar-refractivity contribution in [3.8, 4) is 0 Å². The molecule has 3 nitrogen and oxygen atoms in total. The minimum absolute atomic E-state index is 0.501. The van der Waals surface area contributed by atoms with Crippen molar-refractivity contribution in [2.45, 2.75) is 51.3 Å². The highest BCUT2D eigenvalue weighted by molar-refractivity contribution is 4.89. The minimum Gasteiger partial charge on any atom is -0.377 e. The van der Waals surface area contributed by atoms with Gasteiger partial charge in [0.15, 0.2) is 0 Å². The summed E-state index contributed by atoms with van der Waals surface area (Å²) in [5, 5.41) is 3.44. The SMILES string of the molecule is CNC1CCN(CC2CCCO2)C(C)C1C. The number of likely N-dealkylation sites (tertiary alicyclic amines) is 1. The van der Waals surface area contributed by atoms with Gasteiger partial charge in [0.05, 0.1) is 6.10 Å². The molecule has 16 heavy (non-hydrogen) atoms.